The summed E-state index contributed by atoms with van der Waals surface area (Å²) >= 11 is 5.70. The van der Waals surface area contributed by atoms with Gasteiger partial charge < -0.3 is 4.74 Å². The monoisotopic (exact) mass is 255 g/mol. The first-order valence-corrected chi connectivity index (χ1v) is 6.48. The van der Waals surface area contributed by atoms with Crippen LogP contribution < -0.4 is 0 Å². The molecule has 1 aromatic heterocycles. The lowest BCUT2D eigenvalue weighted by Crippen LogP contribution is -2.36. The van der Waals surface area contributed by atoms with Crippen molar-refractivity contribution in [1.82, 2.24) is 15.1 Å². The van der Waals surface area contributed by atoms with E-state index in [2.05, 4.69) is 22.0 Å². The lowest BCUT2D eigenvalue weighted by molar-refractivity contribution is 0.0122. The van der Waals surface area contributed by atoms with Gasteiger partial charge in [0.2, 0.25) is 0 Å². The van der Waals surface area contributed by atoms with Crippen molar-refractivity contribution in [2.24, 2.45) is 0 Å². The van der Waals surface area contributed by atoms with Gasteiger partial charge in [0.25, 0.3) is 0 Å². The Balaban J connectivity index is 1.79. The molecule has 0 aliphatic carbocycles. The van der Waals surface area contributed by atoms with Gasteiger partial charge in [-0.15, -0.1) is 5.10 Å². The summed E-state index contributed by atoms with van der Waals surface area (Å²) in [6, 6.07) is 3.72. The largest absolute Gasteiger partial charge is 0.378 e. The minimum Gasteiger partial charge on any atom is -0.378 e. The van der Waals surface area contributed by atoms with Crippen molar-refractivity contribution < 1.29 is 4.74 Å². The fraction of sp³-hybridized carbons (Fsp3) is 0.667. The number of rotatable bonds is 4. The molecule has 1 aliphatic heterocycles. The molecule has 0 radical (unpaired) electrons. The fourth-order valence-electron chi connectivity index (χ4n) is 2.13. The zero-order valence-corrected chi connectivity index (χ0v) is 10.9. The lowest BCUT2D eigenvalue weighted by atomic mass is 10.1. The zero-order valence-electron chi connectivity index (χ0n) is 10.1. The van der Waals surface area contributed by atoms with E-state index < -0.39 is 0 Å². The minimum atomic E-state index is 0.438. The van der Waals surface area contributed by atoms with Gasteiger partial charge in [0.15, 0.2) is 5.15 Å². The molecule has 5 heteroatoms. The van der Waals surface area contributed by atoms with E-state index in [9.17, 15) is 0 Å². The van der Waals surface area contributed by atoms with Gasteiger partial charge in [0, 0.05) is 26.2 Å². The molecule has 0 N–H and O–H groups in total. The lowest BCUT2D eigenvalue weighted by Gasteiger charge is -2.31. The molecule has 2 heterocycles. The number of hydrogen-bond acceptors (Lipinski definition) is 4. The standard InChI is InChI=1S/C12H18ClN3O/c1-2-17-11-5-7-16(8-6-11)9-10-3-4-12(13)15-14-10/h3-4,11H,2,5-9H2,1H3. The van der Waals surface area contributed by atoms with Crippen LogP contribution >= 0.6 is 11.6 Å². The highest BCUT2D eigenvalue weighted by Gasteiger charge is 2.19. The summed E-state index contributed by atoms with van der Waals surface area (Å²) in [7, 11) is 0. The third-order valence-electron chi connectivity index (χ3n) is 3.01. The molecule has 0 saturated carbocycles. The molecular formula is C12H18ClN3O. The van der Waals surface area contributed by atoms with E-state index in [-0.39, 0.29) is 0 Å². The first-order chi connectivity index (χ1) is 8.28. The Morgan fingerprint density at radius 2 is 2.12 bits per heavy atom. The third-order valence-corrected chi connectivity index (χ3v) is 3.21. The van der Waals surface area contributed by atoms with Crippen LogP contribution in [0, 0.1) is 0 Å². The van der Waals surface area contributed by atoms with Gasteiger partial charge in [-0.2, -0.15) is 5.10 Å². The maximum Gasteiger partial charge on any atom is 0.151 e. The van der Waals surface area contributed by atoms with Crippen LogP contribution in [0.25, 0.3) is 0 Å². The number of likely N-dealkylation sites (tertiary alicyclic amines) is 1. The second-order valence-corrected chi connectivity index (χ2v) is 4.67. The van der Waals surface area contributed by atoms with Crippen LogP contribution in [0.15, 0.2) is 12.1 Å². The van der Waals surface area contributed by atoms with Crippen LogP contribution in [0.1, 0.15) is 25.5 Å². The van der Waals surface area contributed by atoms with Crippen LogP contribution in [-0.4, -0.2) is 40.9 Å². The number of piperidine rings is 1. The Kier molecular flexibility index (Phi) is 4.71. The van der Waals surface area contributed by atoms with Gasteiger partial charge in [0.05, 0.1) is 11.8 Å². The molecule has 4 nitrogen and oxygen atoms in total. The van der Waals surface area contributed by atoms with Gasteiger partial charge >= 0.3 is 0 Å². The number of halogens is 1. The average Bonchev–Trinajstić information content (AvgIpc) is 2.35. The summed E-state index contributed by atoms with van der Waals surface area (Å²) in [5.41, 5.74) is 0.976. The quantitative estimate of drug-likeness (QED) is 0.826. The second-order valence-electron chi connectivity index (χ2n) is 4.28. The van der Waals surface area contributed by atoms with E-state index in [4.69, 9.17) is 16.3 Å². The molecule has 1 aromatic rings. The molecule has 0 aromatic carbocycles. The molecular weight excluding hydrogens is 238 g/mol. The highest BCUT2D eigenvalue weighted by Crippen LogP contribution is 2.15. The summed E-state index contributed by atoms with van der Waals surface area (Å²) in [5, 5.41) is 8.37. The van der Waals surface area contributed by atoms with E-state index in [0.29, 0.717) is 11.3 Å². The highest BCUT2D eigenvalue weighted by atomic mass is 35.5. The number of nitrogens with zero attached hydrogens (tertiary/aromatic N) is 3. The molecule has 2 rings (SSSR count). The first kappa shape index (κ1) is 12.7. The molecule has 0 atom stereocenters. The van der Waals surface area contributed by atoms with Crippen molar-refractivity contribution in [1.29, 1.82) is 0 Å². The summed E-state index contributed by atoms with van der Waals surface area (Å²) in [6.07, 6.45) is 2.65. The first-order valence-electron chi connectivity index (χ1n) is 6.10. The Bertz CT molecular complexity index is 336. The molecule has 1 aliphatic rings. The van der Waals surface area contributed by atoms with Crippen molar-refractivity contribution in [3.63, 3.8) is 0 Å². The summed E-state index contributed by atoms with van der Waals surface area (Å²) in [6.45, 7) is 5.84. The summed E-state index contributed by atoms with van der Waals surface area (Å²) in [4.78, 5) is 2.38. The maximum atomic E-state index is 5.70. The Labute approximate surface area is 107 Å². The van der Waals surface area contributed by atoms with Gasteiger partial charge in [0.1, 0.15) is 0 Å². The topological polar surface area (TPSA) is 38.2 Å². The molecule has 1 saturated heterocycles. The molecule has 17 heavy (non-hydrogen) atoms. The normalized spacial score (nSPS) is 18.5. The second kappa shape index (κ2) is 6.28. The van der Waals surface area contributed by atoms with Crippen molar-refractivity contribution in [2.75, 3.05) is 19.7 Å². The molecule has 0 amide bonds. The minimum absolute atomic E-state index is 0.438. The van der Waals surface area contributed by atoms with Crippen LogP contribution in [0.4, 0.5) is 0 Å². The van der Waals surface area contributed by atoms with Crippen LogP contribution in [0.2, 0.25) is 5.15 Å². The number of ether oxygens (including phenoxy) is 1. The van der Waals surface area contributed by atoms with Crippen molar-refractivity contribution >= 4 is 11.6 Å². The summed E-state index contributed by atoms with van der Waals surface area (Å²) in [5.74, 6) is 0. The summed E-state index contributed by atoms with van der Waals surface area (Å²) < 4.78 is 5.62. The Morgan fingerprint density at radius 1 is 1.35 bits per heavy atom. The molecule has 0 bridgehead atoms. The maximum absolute atomic E-state index is 5.70. The zero-order chi connectivity index (χ0) is 12.1. The van der Waals surface area contributed by atoms with Gasteiger partial charge in [-0.25, -0.2) is 0 Å². The van der Waals surface area contributed by atoms with Gasteiger partial charge in [-0.05, 0) is 31.9 Å². The smallest absolute Gasteiger partial charge is 0.151 e. The predicted octanol–water partition coefficient (Wildman–Crippen LogP) is 2.13. The van der Waals surface area contributed by atoms with E-state index in [1.54, 1.807) is 6.07 Å². The van der Waals surface area contributed by atoms with E-state index in [1.807, 2.05) is 6.07 Å². The number of hydrogen-bond donors (Lipinski definition) is 0. The molecule has 0 spiro atoms. The average molecular weight is 256 g/mol. The van der Waals surface area contributed by atoms with Crippen LogP contribution in [0.5, 0.6) is 0 Å². The highest BCUT2D eigenvalue weighted by molar-refractivity contribution is 6.29. The van der Waals surface area contributed by atoms with E-state index in [1.165, 1.54) is 0 Å². The number of aromatic nitrogens is 2. The van der Waals surface area contributed by atoms with Crippen molar-refractivity contribution in [3.05, 3.63) is 23.0 Å². The van der Waals surface area contributed by atoms with Crippen LogP contribution in [-0.2, 0) is 11.3 Å². The van der Waals surface area contributed by atoms with Crippen molar-refractivity contribution in [2.45, 2.75) is 32.4 Å². The Hall–Kier alpha value is -0.710. The predicted molar refractivity (Wildman–Crippen MR) is 67.0 cm³/mol. The van der Waals surface area contributed by atoms with Gasteiger partial charge in [-0.3, -0.25) is 4.90 Å². The molecule has 94 valence electrons. The van der Waals surface area contributed by atoms with Gasteiger partial charge in [-0.1, -0.05) is 11.6 Å². The van der Waals surface area contributed by atoms with Crippen molar-refractivity contribution in [3.8, 4) is 0 Å². The fourth-order valence-corrected chi connectivity index (χ4v) is 2.23. The third kappa shape index (κ3) is 3.91. The molecule has 1 fully saturated rings. The SMILES string of the molecule is CCOC1CCN(Cc2ccc(Cl)nn2)CC1. The van der Waals surface area contributed by atoms with E-state index in [0.717, 1.165) is 44.8 Å². The molecule has 0 unspecified atom stereocenters. The van der Waals surface area contributed by atoms with E-state index >= 15 is 0 Å². The van der Waals surface area contributed by atoms with Crippen LogP contribution in [0.3, 0.4) is 0 Å². The Morgan fingerprint density at radius 3 is 2.71 bits per heavy atom.